The molecule has 4 rings (SSSR count). The summed E-state index contributed by atoms with van der Waals surface area (Å²) in [6, 6.07) is 3.16. The normalized spacial score (nSPS) is 16.8. The molecule has 0 bridgehead atoms. The van der Waals surface area contributed by atoms with Crippen LogP contribution in [-0.4, -0.2) is 85.4 Å². The van der Waals surface area contributed by atoms with Gasteiger partial charge in [0.25, 0.3) is 5.91 Å². The first-order chi connectivity index (χ1) is 20.4. The van der Waals surface area contributed by atoms with E-state index in [1.165, 1.54) is 4.90 Å². The molecule has 0 aromatic heterocycles. The van der Waals surface area contributed by atoms with Crippen molar-refractivity contribution in [3.05, 3.63) is 58.7 Å². The number of likely N-dealkylation sites (tertiary alicyclic amines) is 1. The van der Waals surface area contributed by atoms with Gasteiger partial charge < -0.3 is 25.5 Å². The van der Waals surface area contributed by atoms with Gasteiger partial charge in [0.1, 0.15) is 0 Å². The highest BCUT2D eigenvalue weighted by atomic mass is 19.4. The number of alkyl halides is 3. The highest BCUT2D eigenvalue weighted by Gasteiger charge is 2.30. The third-order valence-corrected chi connectivity index (χ3v) is 7.71. The Bertz CT molecular complexity index is 1310. The molecule has 0 unspecified atom stereocenters. The molecule has 2 fully saturated rings. The number of hydrogen-bond donors (Lipinski definition) is 3. The molecule has 0 spiro atoms. The second-order valence-electron chi connectivity index (χ2n) is 10.6. The zero-order valence-electron chi connectivity index (χ0n) is 23.1. The Kier molecular flexibility index (Phi) is 10.4. The molecule has 2 aromatic rings. The number of hydrogen-bond acceptors (Lipinski definition) is 5. The van der Waals surface area contributed by atoms with Crippen LogP contribution in [0.2, 0.25) is 0 Å². The zero-order valence-corrected chi connectivity index (χ0v) is 23.1. The van der Waals surface area contributed by atoms with Gasteiger partial charge in [-0.3, -0.25) is 9.69 Å². The standard InChI is InChI=1S/C28H32F7N5O3/c29-20-13-22(23(14-21(20)30)39-11-9-38(10-12-39)8-5-28(33,34)35)37-26(42)19-2-1-18(24(31)25(19)32)15-36-27(43)40-6-3-17(16-41)4-7-40/h1-2,13-14,17,41H,3-12,15-16H2,(H,36,43)(H,37,42). The second-order valence-corrected chi connectivity index (χ2v) is 10.6. The topological polar surface area (TPSA) is 88.2 Å². The third kappa shape index (κ3) is 8.28. The molecule has 2 aromatic carbocycles. The lowest BCUT2D eigenvalue weighted by Crippen LogP contribution is -2.47. The van der Waals surface area contributed by atoms with Crippen molar-refractivity contribution in [2.24, 2.45) is 5.92 Å². The number of aliphatic hydroxyl groups excluding tert-OH is 1. The molecule has 2 aliphatic heterocycles. The number of benzene rings is 2. The summed E-state index contributed by atoms with van der Waals surface area (Å²) in [5.74, 6) is -6.44. The number of rotatable bonds is 8. The Labute approximate surface area is 243 Å². The largest absolute Gasteiger partial charge is 0.396 e. The van der Waals surface area contributed by atoms with Crippen LogP contribution >= 0.6 is 0 Å². The number of anilines is 2. The fraction of sp³-hybridized carbons (Fsp3) is 0.500. The van der Waals surface area contributed by atoms with Crippen LogP contribution in [0, 0.1) is 29.2 Å². The SMILES string of the molecule is O=C(Nc1cc(F)c(F)cc1N1CCN(CCC(F)(F)F)CC1)c1ccc(CNC(=O)N2CCC(CO)CC2)c(F)c1F. The van der Waals surface area contributed by atoms with Crippen molar-refractivity contribution in [3.8, 4) is 0 Å². The maximum absolute atomic E-state index is 15.0. The number of urea groups is 1. The minimum atomic E-state index is -4.31. The number of piperidine rings is 1. The molecule has 8 nitrogen and oxygen atoms in total. The maximum atomic E-state index is 15.0. The van der Waals surface area contributed by atoms with Crippen molar-refractivity contribution in [3.63, 3.8) is 0 Å². The molecule has 2 aliphatic rings. The fourth-order valence-corrected chi connectivity index (χ4v) is 5.09. The molecule has 2 saturated heterocycles. The van der Waals surface area contributed by atoms with Crippen molar-refractivity contribution in [2.45, 2.75) is 32.0 Å². The van der Waals surface area contributed by atoms with Crippen LogP contribution < -0.4 is 15.5 Å². The molecule has 2 heterocycles. The molecule has 43 heavy (non-hydrogen) atoms. The molecule has 3 amide bonds. The summed E-state index contributed by atoms with van der Waals surface area (Å²) in [6.07, 6.45) is -4.06. The van der Waals surface area contributed by atoms with Crippen LogP contribution in [0.15, 0.2) is 24.3 Å². The highest BCUT2D eigenvalue weighted by molar-refractivity contribution is 6.06. The summed E-state index contributed by atoms with van der Waals surface area (Å²) in [6.45, 7) is 0.964. The average molecular weight is 620 g/mol. The first kappa shape index (κ1) is 32.3. The van der Waals surface area contributed by atoms with Crippen molar-refractivity contribution >= 4 is 23.3 Å². The van der Waals surface area contributed by atoms with Gasteiger partial charge in [-0.15, -0.1) is 0 Å². The van der Waals surface area contributed by atoms with Gasteiger partial charge in [-0.1, -0.05) is 6.07 Å². The summed E-state index contributed by atoms with van der Waals surface area (Å²) >= 11 is 0. The van der Waals surface area contributed by atoms with E-state index in [-0.39, 0.29) is 68.7 Å². The lowest BCUT2D eigenvalue weighted by molar-refractivity contribution is -0.138. The quantitative estimate of drug-likeness (QED) is 0.380. The average Bonchev–Trinajstić information content (AvgIpc) is 2.98. The second kappa shape index (κ2) is 13.8. The molecule has 3 N–H and O–H groups in total. The van der Waals surface area contributed by atoms with Crippen LogP contribution in [0.5, 0.6) is 0 Å². The van der Waals surface area contributed by atoms with Gasteiger partial charge in [0.05, 0.1) is 23.4 Å². The van der Waals surface area contributed by atoms with E-state index < -0.39 is 53.4 Å². The summed E-state index contributed by atoms with van der Waals surface area (Å²) in [5.41, 5.74) is -1.13. The minimum Gasteiger partial charge on any atom is -0.396 e. The summed E-state index contributed by atoms with van der Waals surface area (Å²) in [5, 5.41) is 14.0. The Morgan fingerprint density at radius 2 is 1.56 bits per heavy atom. The molecule has 236 valence electrons. The number of nitrogens with zero attached hydrogens (tertiary/aromatic N) is 3. The molecular weight excluding hydrogens is 587 g/mol. The van der Waals surface area contributed by atoms with Crippen molar-refractivity contribution in [1.82, 2.24) is 15.1 Å². The molecule has 0 atom stereocenters. The monoisotopic (exact) mass is 619 g/mol. The van der Waals surface area contributed by atoms with Crippen LogP contribution in [0.4, 0.5) is 46.9 Å². The van der Waals surface area contributed by atoms with Crippen molar-refractivity contribution in [2.75, 3.05) is 62.6 Å². The van der Waals surface area contributed by atoms with E-state index >= 15 is 0 Å². The number of nitrogens with one attached hydrogen (secondary N) is 2. The predicted molar refractivity (Wildman–Crippen MR) is 144 cm³/mol. The number of piperazine rings is 1. The zero-order chi connectivity index (χ0) is 31.3. The Hall–Kier alpha value is -3.59. The van der Waals surface area contributed by atoms with Crippen molar-refractivity contribution < 1.29 is 45.4 Å². The predicted octanol–water partition coefficient (Wildman–Crippen LogP) is 4.48. The van der Waals surface area contributed by atoms with Crippen LogP contribution in [-0.2, 0) is 6.54 Å². The van der Waals surface area contributed by atoms with Gasteiger partial charge in [0.15, 0.2) is 23.3 Å². The smallest absolute Gasteiger partial charge is 0.390 e. The first-order valence-electron chi connectivity index (χ1n) is 13.8. The Balaban J connectivity index is 1.41. The van der Waals surface area contributed by atoms with E-state index in [2.05, 4.69) is 10.6 Å². The van der Waals surface area contributed by atoms with Crippen LogP contribution in [0.25, 0.3) is 0 Å². The summed E-state index contributed by atoms with van der Waals surface area (Å²) in [7, 11) is 0. The Morgan fingerprint density at radius 1 is 0.907 bits per heavy atom. The van der Waals surface area contributed by atoms with Gasteiger partial charge in [-0.25, -0.2) is 22.4 Å². The maximum Gasteiger partial charge on any atom is 0.390 e. The van der Waals surface area contributed by atoms with Gasteiger partial charge >= 0.3 is 12.2 Å². The fourth-order valence-electron chi connectivity index (χ4n) is 5.09. The lowest BCUT2D eigenvalue weighted by atomic mass is 9.98. The van der Waals surface area contributed by atoms with Gasteiger partial charge in [-0.2, -0.15) is 13.2 Å². The third-order valence-electron chi connectivity index (χ3n) is 7.71. The molecule has 0 saturated carbocycles. The summed E-state index contributed by atoms with van der Waals surface area (Å²) in [4.78, 5) is 30.0. The van der Waals surface area contributed by atoms with Crippen LogP contribution in [0.3, 0.4) is 0 Å². The highest BCUT2D eigenvalue weighted by Crippen LogP contribution is 2.31. The van der Waals surface area contributed by atoms with E-state index in [9.17, 15) is 45.4 Å². The van der Waals surface area contributed by atoms with E-state index in [1.807, 2.05) is 0 Å². The molecular formula is C28H32F7N5O3. The number of aliphatic hydroxyl groups is 1. The van der Waals surface area contributed by atoms with Crippen molar-refractivity contribution in [1.29, 1.82) is 0 Å². The minimum absolute atomic E-state index is 0.0304. The van der Waals surface area contributed by atoms with E-state index in [0.717, 1.165) is 18.2 Å². The van der Waals surface area contributed by atoms with Crippen LogP contribution in [0.1, 0.15) is 35.2 Å². The van der Waals surface area contributed by atoms with Gasteiger partial charge in [-0.05, 0) is 24.8 Å². The number of carbonyl (C=O) groups is 2. The van der Waals surface area contributed by atoms with Gasteiger partial charge in [0, 0.05) is 76.7 Å². The molecule has 15 heteroatoms. The summed E-state index contributed by atoms with van der Waals surface area (Å²) < 4.78 is 95.8. The van der Waals surface area contributed by atoms with E-state index in [1.54, 1.807) is 9.80 Å². The number of amides is 3. The first-order valence-corrected chi connectivity index (χ1v) is 13.8. The Morgan fingerprint density at radius 3 is 2.19 bits per heavy atom. The lowest BCUT2D eigenvalue weighted by Gasteiger charge is -2.37. The molecule has 0 radical (unpaired) electrons. The van der Waals surface area contributed by atoms with Gasteiger partial charge in [0.2, 0.25) is 0 Å². The van der Waals surface area contributed by atoms with E-state index in [4.69, 9.17) is 0 Å². The van der Waals surface area contributed by atoms with E-state index in [0.29, 0.717) is 32.0 Å². The number of halogens is 7. The molecule has 0 aliphatic carbocycles. The number of carbonyl (C=O) groups excluding carboxylic acids is 2.